The van der Waals surface area contributed by atoms with Crippen molar-refractivity contribution in [2.75, 3.05) is 18.6 Å². The van der Waals surface area contributed by atoms with E-state index in [9.17, 15) is 14.4 Å². The van der Waals surface area contributed by atoms with Crippen LogP contribution in [0.15, 0.2) is 47.4 Å². The Hall–Kier alpha value is -2.48. The van der Waals surface area contributed by atoms with Gasteiger partial charge in [0, 0.05) is 0 Å². The lowest BCUT2D eigenvalue weighted by atomic mass is 10.2. The molecule has 9 heteroatoms. The van der Waals surface area contributed by atoms with Crippen molar-refractivity contribution >= 4 is 63.8 Å². The van der Waals surface area contributed by atoms with Crippen molar-refractivity contribution in [1.29, 1.82) is 0 Å². The van der Waals surface area contributed by atoms with Gasteiger partial charge in [0.25, 0.3) is 11.1 Å². The highest BCUT2D eigenvalue weighted by atomic mass is 35.5. The largest absolute Gasteiger partial charge is 0.479 e. The highest BCUT2D eigenvalue weighted by Crippen LogP contribution is 2.38. The SMILES string of the molecule is COC(=O)COc1c(Cl)cc(/C=C2\SC(=O)N(c3ccccc3)C2=O)cc1Cl. The molecule has 1 saturated heterocycles. The number of thioether (sulfide) groups is 1. The highest BCUT2D eigenvalue weighted by Gasteiger charge is 2.36. The number of carbonyl (C=O) groups excluding carboxylic acids is 3. The third-order valence-electron chi connectivity index (χ3n) is 3.69. The van der Waals surface area contributed by atoms with E-state index >= 15 is 0 Å². The Bertz CT molecular complexity index is 955. The number of imide groups is 1. The molecular formula is C19H13Cl2NO5S. The second kappa shape index (κ2) is 8.68. The summed E-state index contributed by atoms with van der Waals surface area (Å²) in [7, 11) is 1.24. The minimum atomic E-state index is -0.578. The third-order valence-corrected chi connectivity index (χ3v) is 5.12. The number of amides is 2. The molecule has 0 bridgehead atoms. The molecule has 1 aliphatic rings. The number of benzene rings is 2. The second-order valence-corrected chi connectivity index (χ2v) is 7.34. The zero-order chi connectivity index (χ0) is 20.3. The maximum Gasteiger partial charge on any atom is 0.343 e. The number of nitrogens with zero attached hydrogens (tertiary/aromatic N) is 1. The average molecular weight is 438 g/mol. The zero-order valence-corrected chi connectivity index (χ0v) is 16.8. The number of hydrogen-bond donors (Lipinski definition) is 0. The lowest BCUT2D eigenvalue weighted by Gasteiger charge is -2.12. The van der Waals surface area contributed by atoms with Gasteiger partial charge in [0.1, 0.15) is 0 Å². The van der Waals surface area contributed by atoms with Gasteiger partial charge in [-0.15, -0.1) is 0 Å². The van der Waals surface area contributed by atoms with Crippen LogP contribution in [0.2, 0.25) is 10.0 Å². The first-order chi connectivity index (χ1) is 13.4. The molecule has 1 fully saturated rings. The van der Waals surface area contributed by atoms with Gasteiger partial charge in [-0.25, -0.2) is 9.69 Å². The standard InChI is InChI=1S/C19H13Cl2NO5S/c1-26-16(23)10-27-17-13(20)7-11(8-14(17)21)9-15-18(24)22(19(25)28-15)12-5-3-2-4-6-12/h2-9H,10H2,1H3/b15-9-. The van der Waals surface area contributed by atoms with Gasteiger partial charge >= 0.3 is 5.97 Å². The molecule has 0 aliphatic carbocycles. The number of methoxy groups -OCH3 is 1. The third kappa shape index (κ3) is 4.32. The molecule has 0 unspecified atom stereocenters. The maximum absolute atomic E-state index is 12.6. The van der Waals surface area contributed by atoms with E-state index < -0.39 is 17.1 Å². The fourth-order valence-electron chi connectivity index (χ4n) is 2.41. The highest BCUT2D eigenvalue weighted by molar-refractivity contribution is 8.19. The molecule has 3 rings (SSSR count). The van der Waals surface area contributed by atoms with Crippen LogP contribution in [-0.2, 0) is 14.3 Å². The molecule has 0 aromatic heterocycles. The summed E-state index contributed by atoms with van der Waals surface area (Å²) in [6.07, 6.45) is 1.52. The minimum Gasteiger partial charge on any atom is -0.479 e. The molecule has 28 heavy (non-hydrogen) atoms. The minimum absolute atomic E-state index is 0.128. The molecule has 1 heterocycles. The summed E-state index contributed by atoms with van der Waals surface area (Å²) in [6, 6.07) is 11.7. The molecule has 2 aromatic rings. The summed E-state index contributed by atoms with van der Waals surface area (Å²) < 4.78 is 9.76. The lowest BCUT2D eigenvalue weighted by Crippen LogP contribution is -2.27. The molecule has 0 saturated carbocycles. The summed E-state index contributed by atoms with van der Waals surface area (Å²) in [6.45, 7) is -0.342. The van der Waals surface area contributed by atoms with E-state index in [0.717, 1.165) is 16.7 Å². The van der Waals surface area contributed by atoms with Crippen LogP contribution in [0.25, 0.3) is 6.08 Å². The van der Waals surface area contributed by atoms with Crippen LogP contribution < -0.4 is 9.64 Å². The molecule has 0 atom stereocenters. The first kappa shape index (κ1) is 20.3. The fourth-order valence-corrected chi connectivity index (χ4v) is 3.86. The van der Waals surface area contributed by atoms with Crippen LogP contribution in [0.3, 0.4) is 0 Å². The number of para-hydroxylation sites is 1. The van der Waals surface area contributed by atoms with E-state index in [1.165, 1.54) is 25.3 Å². The van der Waals surface area contributed by atoms with Gasteiger partial charge in [0.15, 0.2) is 12.4 Å². The summed E-state index contributed by atoms with van der Waals surface area (Å²) in [5, 5.41) is -0.0763. The smallest absolute Gasteiger partial charge is 0.343 e. The van der Waals surface area contributed by atoms with Crippen molar-refractivity contribution in [3.8, 4) is 5.75 Å². The van der Waals surface area contributed by atoms with E-state index in [1.54, 1.807) is 30.3 Å². The first-order valence-corrected chi connectivity index (χ1v) is 9.49. The van der Waals surface area contributed by atoms with E-state index in [4.69, 9.17) is 27.9 Å². The molecule has 0 spiro atoms. The Morgan fingerprint density at radius 3 is 2.39 bits per heavy atom. The van der Waals surface area contributed by atoms with E-state index in [2.05, 4.69) is 4.74 Å². The number of anilines is 1. The van der Waals surface area contributed by atoms with Crippen molar-refractivity contribution in [2.45, 2.75) is 0 Å². The molecule has 144 valence electrons. The summed E-state index contributed by atoms with van der Waals surface area (Å²) in [5.41, 5.74) is 1.01. The summed E-state index contributed by atoms with van der Waals surface area (Å²) in [4.78, 5) is 37.4. The zero-order valence-electron chi connectivity index (χ0n) is 14.5. The van der Waals surface area contributed by atoms with Crippen LogP contribution in [-0.4, -0.2) is 30.8 Å². The quantitative estimate of drug-likeness (QED) is 0.494. The number of hydrogen-bond acceptors (Lipinski definition) is 6. The predicted octanol–water partition coefficient (Wildman–Crippen LogP) is 4.79. The lowest BCUT2D eigenvalue weighted by molar-refractivity contribution is -0.142. The van der Waals surface area contributed by atoms with Crippen LogP contribution in [0.5, 0.6) is 5.75 Å². The van der Waals surface area contributed by atoms with E-state index in [-0.39, 0.29) is 27.3 Å². The van der Waals surface area contributed by atoms with Crippen molar-refractivity contribution in [3.05, 3.63) is 63.0 Å². The van der Waals surface area contributed by atoms with Gasteiger partial charge in [-0.05, 0) is 47.7 Å². The van der Waals surface area contributed by atoms with Crippen LogP contribution >= 0.6 is 35.0 Å². The van der Waals surface area contributed by atoms with Gasteiger partial charge in [0.2, 0.25) is 0 Å². The van der Waals surface area contributed by atoms with Crippen molar-refractivity contribution < 1.29 is 23.9 Å². The van der Waals surface area contributed by atoms with Gasteiger partial charge in [-0.2, -0.15) is 0 Å². The monoisotopic (exact) mass is 437 g/mol. The molecule has 6 nitrogen and oxygen atoms in total. The van der Waals surface area contributed by atoms with Gasteiger partial charge < -0.3 is 9.47 Å². The normalized spacial score (nSPS) is 15.2. The Morgan fingerprint density at radius 1 is 1.14 bits per heavy atom. The number of halogens is 2. The number of esters is 1. The molecule has 0 N–H and O–H groups in total. The van der Waals surface area contributed by atoms with Crippen LogP contribution in [0, 0.1) is 0 Å². The molecule has 1 aliphatic heterocycles. The predicted molar refractivity (Wildman–Crippen MR) is 109 cm³/mol. The Balaban J connectivity index is 1.85. The van der Waals surface area contributed by atoms with Crippen LogP contribution in [0.1, 0.15) is 5.56 Å². The topological polar surface area (TPSA) is 72.9 Å². The van der Waals surface area contributed by atoms with Crippen molar-refractivity contribution in [1.82, 2.24) is 0 Å². The average Bonchev–Trinajstić information content (AvgIpc) is 2.94. The van der Waals surface area contributed by atoms with Crippen LogP contribution in [0.4, 0.5) is 10.5 Å². The number of ether oxygens (including phenoxy) is 2. The van der Waals surface area contributed by atoms with Gasteiger partial charge in [-0.3, -0.25) is 9.59 Å². The Kier molecular flexibility index (Phi) is 6.28. The van der Waals surface area contributed by atoms with Gasteiger partial charge in [-0.1, -0.05) is 41.4 Å². The second-order valence-electron chi connectivity index (χ2n) is 5.53. The molecule has 2 amide bonds. The Labute approximate surface area is 175 Å². The van der Waals surface area contributed by atoms with Crippen molar-refractivity contribution in [2.24, 2.45) is 0 Å². The Morgan fingerprint density at radius 2 is 1.79 bits per heavy atom. The number of rotatable bonds is 5. The van der Waals surface area contributed by atoms with Gasteiger partial charge in [0.05, 0.1) is 27.7 Å². The van der Waals surface area contributed by atoms with E-state index in [0.29, 0.717) is 11.3 Å². The molecular weight excluding hydrogens is 425 g/mol. The summed E-state index contributed by atoms with van der Waals surface area (Å²) in [5.74, 6) is -0.881. The van der Waals surface area contributed by atoms with E-state index in [1.807, 2.05) is 0 Å². The fraction of sp³-hybridized carbons (Fsp3) is 0.105. The first-order valence-electron chi connectivity index (χ1n) is 7.92. The maximum atomic E-state index is 12.6. The summed E-state index contributed by atoms with van der Waals surface area (Å²) >= 11 is 13.2. The molecule has 2 aromatic carbocycles. The van der Waals surface area contributed by atoms with Crippen molar-refractivity contribution in [3.63, 3.8) is 0 Å². The number of carbonyl (C=O) groups is 3. The molecule has 0 radical (unpaired) electrons.